The van der Waals surface area contributed by atoms with Crippen molar-refractivity contribution in [2.24, 2.45) is 0 Å². The number of carbonyl (C=O) groups is 3. The van der Waals surface area contributed by atoms with Crippen LogP contribution in [0.15, 0.2) is 42.5 Å². The number of amides is 4. The summed E-state index contributed by atoms with van der Waals surface area (Å²) in [7, 11) is 3.00. The molecule has 0 spiro atoms. The van der Waals surface area contributed by atoms with E-state index in [1.807, 2.05) is 0 Å². The number of imide groups is 1. The molecule has 1 saturated heterocycles. The van der Waals surface area contributed by atoms with Gasteiger partial charge in [0.1, 0.15) is 6.04 Å². The molecule has 0 radical (unpaired) electrons. The summed E-state index contributed by atoms with van der Waals surface area (Å²) in [5, 5.41) is 9.60. The summed E-state index contributed by atoms with van der Waals surface area (Å²) in [6, 6.07) is 10.2. The third-order valence-electron chi connectivity index (χ3n) is 4.51. The first-order valence-electron chi connectivity index (χ1n) is 8.29. The van der Waals surface area contributed by atoms with Crippen LogP contribution in [0.2, 0.25) is 10.0 Å². The van der Waals surface area contributed by atoms with Crippen molar-refractivity contribution in [1.82, 2.24) is 9.80 Å². The van der Waals surface area contributed by atoms with Gasteiger partial charge in [0.2, 0.25) is 0 Å². The van der Waals surface area contributed by atoms with Crippen molar-refractivity contribution >= 4 is 46.9 Å². The van der Waals surface area contributed by atoms with Gasteiger partial charge in [0, 0.05) is 20.6 Å². The number of nitrogens with zero attached hydrogens (tertiary/aromatic N) is 3. The minimum atomic E-state index is -1.06. The lowest BCUT2D eigenvalue weighted by Gasteiger charge is -2.18. The predicted molar refractivity (Wildman–Crippen MR) is 106 cm³/mol. The summed E-state index contributed by atoms with van der Waals surface area (Å²) < 4.78 is 0. The number of hydrogen-bond acceptors (Lipinski definition) is 3. The molecule has 1 atom stereocenters. The molecule has 0 saturated carbocycles. The summed E-state index contributed by atoms with van der Waals surface area (Å²) in [4.78, 5) is 40.3. The second kappa shape index (κ2) is 7.69. The van der Waals surface area contributed by atoms with E-state index in [2.05, 4.69) is 0 Å². The van der Waals surface area contributed by atoms with Gasteiger partial charge in [0.05, 0.1) is 15.7 Å². The van der Waals surface area contributed by atoms with E-state index in [1.54, 1.807) is 37.4 Å². The number of carbonyl (C=O) groups excluding carboxylic acids is 2. The largest absolute Gasteiger partial charge is 0.465 e. The van der Waals surface area contributed by atoms with E-state index >= 15 is 0 Å². The van der Waals surface area contributed by atoms with E-state index < -0.39 is 24.1 Å². The number of likely N-dealkylation sites (N-methyl/N-ethyl adjacent to an activating group) is 1. The maximum atomic E-state index is 13.0. The number of rotatable bonds is 4. The number of anilines is 1. The Kier molecular flexibility index (Phi) is 5.49. The Labute approximate surface area is 171 Å². The van der Waals surface area contributed by atoms with E-state index in [0.717, 1.165) is 9.80 Å². The molecule has 146 valence electrons. The number of carboxylic acid groups (broad SMARTS) is 1. The van der Waals surface area contributed by atoms with Crippen LogP contribution < -0.4 is 4.90 Å². The normalized spacial score (nSPS) is 16.6. The van der Waals surface area contributed by atoms with Crippen LogP contribution in [0.25, 0.3) is 0 Å². The fourth-order valence-corrected chi connectivity index (χ4v) is 3.37. The van der Waals surface area contributed by atoms with Crippen LogP contribution in [-0.2, 0) is 11.3 Å². The summed E-state index contributed by atoms with van der Waals surface area (Å²) in [6.45, 7) is 0.165. The molecule has 3 rings (SSSR count). The molecule has 28 heavy (non-hydrogen) atoms. The van der Waals surface area contributed by atoms with Crippen molar-refractivity contribution in [3.63, 3.8) is 0 Å². The summed E-state index contributed by atoms with van der Waals surface area (Å²) in [5.41, 5.74) is 1.64. The quantitative estimate of drug-likeness (QED) is 0.748. The first-order valence-corrected chi connectivity index (χ1v) is 9.05. The first-order chi connectivity index (χ1) is 13.2. The van der Waals surface area contributed by atoms with E-state index in [4.69, 9.17) is 28.3 Å². The molecule has 0 aliphatic carbocycles. The number of halogens is 2. The minimum Gasteiger partial charge on any atom is -0.465 e. The van der Waals surface area contributed by atoms with Gasteiger partial charge in [-0.15, -0.1) is 0 Å². The molecule has 2 aromatic rings. The van der Waals surface area contributed by atoms with Crippen LogP contribution in [0, 0.1) is 0 Å². The molecule has 7 nitrogen and oxygen atoms in total. The van der Waals surface area contributed by atoms with E-state index in [0.29, 0.717) is 21.8 Å². The summed E-state index contributed by atoms with van der Waals surface area (Å²) in [5.74, 6) is -0.422. The smallest absolute Gasteiger partial charge is 0.407 e. The molecule has 1 heterocycles. The third-order valence-corrected chi connectivity index (χ3v) is 5.25. The van der Waals surface area contributed by atoms with Crippen molar-refractivity contribution in [1.29, 1.82) is 0 Å². The molecule has 9 heteroatoms. The van der Waals surface area contributed by atoms with Crippen LogP contribution >= 0.6 is 23.2 Å². The fourth-order valence-electron chi connectivity index (χ4n) is 3.08. The van der Waals surface area contributed by atoms with E-state index in [9.17, 15) is 14.4 Å². The van der Waals surface area contributed by atoms with Crippen molar-refractivity contribution in [2.75, 3.05) is 19.0 Å². The fraction of sp³-hybridized carbons (Fsp3) is 0.211. The van der Waals surface area contributed by atoms with Gasteiger partial charge in [-0.05, 0) is 29.3 Å². The van der Waals surface area contributed by atoms with E-state index in [-0.39, 0.29) is 11.6 Å². The zero-order valence-corrected chi connectivity index (χ0v) is 16.6. The van der Waals surface area contributed by atoms with Gasteiger partial charge in [0.15, 0.2) is 0 Å². The monoisotopic (exact) mass is 421 g/mol. The average molecular weight is 422 g/mol. The lowest BCUT2D eigenvalue weighted by molar-refractivity contribution is -0.119. The molecule has 1 fully saturated rings. The van der Waals surface area contributed by atoms with Gasteiger partial charge in [-0.3, -0.25) is 4.79 Å². The molecule has 0 bridgehead atoms. The van der Waals surface area contributed by atoms with Crippen molar-refractivity contribution in [3.05, 3.63) is 63.6 Å². The first kappa shape index (κ1) is 20.0. The van der Waals surface area contributed by atoms with E-state index in [1.165, 1.54) is 24.1 Å². The van der Waals surface area contributed by atoms with Crippen LogP contribution in [0.1, 0.15) is 17.2 Å². The van der Waals surface area contributed by atoms with Gasteiger partial charge in [0.25, 0.3) is 5.91 Å². The second-order valence-electron chi connectivity index (χ2n) is 6.45. The van der Waals surface area contributed by atoms with Crippen LogP contribution in [0.5, 0.6) is 0 Å². The Hall–Kier alpha value is -2.77. The molecular weight excluding hydrogens is 405 g/mol. The van der Waals surface area contributed by atoms with Gasteiger partial charge >= 0.3 is 12.1 Å². The lowest BCUT2D eigenvalue weighted by atomic mass is 10.0. The van der Waals surface area contributed by atoms with Crippen LogP contribution in [0.3, 0.4) is 0 Å². The minimum absolute atomic E-state index is 0.165. The van der Waals surface area contributed by atoms with Crippen LogP contribution in [-0.4, -0.2) is 47.0 Å². The molecular formula is C19H17Cl2N3O4. The zero-order chi connectivity index (χ0) is 20.6. The topological polar surface area (TPSA) is 81.2 Å². The lowest BCUT2D eigenvalue weighted by Crippen LogP contribution is -2.31. The highest BCUT2D eigenvalue weighted by molar-refractivity contribution is 6.42. The molecule has 4 amide bonds. The van der Waals surface area contributed by atoms with Crippen LogP contribution in [0.4, 0.5) is 15.3 Å². The molecule has 1 unspecified atom stereocenters. The maximum Gasteiger partial charge on any atom is 0.407 e. The number of hydrogen-bond donors (Lipinski definition) is 1. The molecule has 1 N–H and O–H groups in total. The summed E-state index contributed by atoms with van der Waals surface area (Å²) in [6.07, 6.45) is -1.06. The Morgan fingerprint density at radius 3 is 2.50 bits per heavy atom. The second-order valence-corrected chi connectivity index (χ2v) is 7.27. The molecule has 2 aromatic carbocycles. The van der Waals surface area contributed by atoms with Gasteiger partial charge in [-0.25, -0.2) is 14.5 Å². The number of benzene rings is 2. The highest BCUT2D eigenvalue weighted by atomic mass is 35.5. The summed E-state index contributed by atoms with van der Waals surface area (Å²) >= 11 is 11.9. The van der Waals surface area contributed by atoms with Gasteiger partial charge in [-0.1, -0.05) is 47.5 Å². The van der Waals surface area contributed by atoms with Crippen molar-refractivity contribution in [3.8, 4) is 0 Å². The Morgan fingerprint density at radius 2 is 1.86 bits per heavy atom. The highest BCUT2D eigenvalue weighted by Crippen LogP contribution is 2.35. The standard InChI is InChI=1S/C19H17Cl2N3O4/c1-22(19(27)28)10-11-4-3-5-12(8-11)16-17(25)24(18(26)23(16)2)13-6-7-14(20)15(21)9-13/h3-9,16H,10H2,1-2H3,(H,27,28). The predicted octanol–water partition coefficient (Wildman–Crippen LogP) is 4.24. The highest BCUT2D eigenvalue weighted by Gasteiger charge is 2.44. The number of urea groups is 1. The zero-order valence-electron chi connectivity index (χ0n) is 15.1. The molecule has 0 aromatic heterocycles. The molecule has 1 aliphatic rings. The Balaban J connectivity index is 1.93. The SMILES string of the molecule is CN(Cc1cccc(C2C(=O)N(c3ccc(Cl)c(Cl)c3)C(=O)N2C)c1)C(=O)O. The van der Waals surface area contributed by atoms with Gasteiger partial charge in [-0.2, -0.15) is 0 Å². The van der Waals surface area contributed by atoms with Gasteiger partial charge < -0.3 is 14.9 Å². The van der Waals surface area contributed by atoms with Crippen molar-refractivity contribution in [2.45, 2.75) is 12.6 Å². The Morgan fingerprint density at radius 1 is 1.14 bits per heavy atom. The maximum absolute atomic E-state index is 13.0. The van der Waals surface area contributed by atoms with Crippen molar-refractivity contribution < 1.29 is 19.5 Å². The Bertz CT molecular complexity index is 966. The molecule has 1 aliphatic heterocycles. The average Bonchev–Trinajstić information content (AvgIpc) is 2.86. The third kappa shape index (κ3) is 3.63.